The molecule has 0 aliphatic heterocycles. The van der Waals surface area contributed by atoms with Crippen molar-refractivity contribution in [3.63, 3.8) is 0 Å². The van der Waals surface area contributed by atoms with Crippen molar-refractivity contribution in [2.24, 2.45) is 0 Å². The Kier molecular flexibility index (Phi) is 6.22. The van der Waals surface area contributed by atoms with E-state index < -0.39 is 0 Å². The summed E-state index contributed by atoms with van der Waals surface area (Å²) >= 11 is 0. The van der Waals surface area contributed by atoms with Gasteiger partial charge in [-0.25, -0.2) is 0 Å². The van der Waals surface area contributed by atoms with Crippen LogP contribution in [0.1, 0.15) is 57.4 Å². The van der Waals surface area contributed by atoms with E-state index in [4.69, 9.17) is 4.74 Å². The first-order valence-corrected chi connectivity index (χ1v) is 7.85. The molecule has 1 aromatic rings. The minimum atomic E-state index is 0.426. The summed E-state index contributed by atoms with van der Waals surface area (Å²) in [4.78, 5) is 0. The Morgan fingerprint density at radius 2 is 1.84 bits per heavy atom. The number of para-hydroxylation sites is 1. The fourth-order valence-corrected chi connectivity index (χ4v) is 2.70. The summed E-state index contributed by atoms with van der Waals surface area (Å²) < 4.78 is 6.26. The van der Waals surface area contributed by atoms with E-state index in [0.717, 1.165) is 18.8 Å². The van der Waals surface area contributed by atoms with Gasteiger partial charge in [0.25, 0.3) is 0 Å². The van der Waals surface area contributed by atoms with Gasteiger partial charge in [0, 0.05) is 12.1 Å². The second-order valence-electron chi connectivity index (χ2n) is 5.52. The molecule has 2 nitrogen and oxygen atoms in total. The molecule has 19 heavy (non-hydrogen) atoms. The fraction of sp³-hybridized carbons (Fsp3) is 0.647. The van der Waals surface area contributed by atoms with Crippen LogP contribution in [0.3, 0.4) is 0 Å². The lowest BCUT2D eigenvalue weighted by Gasteiger charge is -2.19. The molecule has 0 saturated heterocycles. The first-order valence-electron chi connectivity index (χ1n) is 7.85. The molecule has 0 spiro atoms. The Bertz CT molecular complexity index is 356. The lowest BCUT2D eigenvalue weighted by molar-refractivity contribution is 0.181. The topological polar surface area (TPSA) is 21.3 Å². The molecular weight excluding hydrogens is 234 g/mol. The molecule has 0 aromatic heterocycles. The highest BCUT2D eigenvalue weighted by atomic mass is 16.5. The molecule has 106 valence electrons. The number of benzene rings is 1. The van der Waals surface area contributed by atoms with Crippen molar-refractivity contribution in [3.8, 4) is 5.75 Å². The zero-order chi connectivity index (χ0) is 13.3. The third-order valence-electron chi connectivity index (χ3n) is 3.81. The molecule has 0 bridgehead atoms. The average Bonchev–Trinajstić information content (AvgIpc) is 2.70. The lowest BCUT2D eigenvalue weighted by Crippen LogP contribution is -2.18. The number of nitrogens with one attached hydrogen (secondary N) is 1. The van der Waals surface area contributed by atoms with Gasteiger partial charge in [0.2, 0.25) is 0 Å². The molecule has 0 amide bonds. The van der Waals surface area contributed by atoms with Crippen LogP contribution in [0, 0.1) is 0 Å². The first kappa shape index (κ1) is 14.4. The van der Waals surface area contributed by atoms with E-state index in [1.54, 1.807) is 0 Å². The highest BCUT2D eigenvalue weighted by molar-refractivity contribution is 5.33. The molecule has 0 atom stereocenters. The van der Waals surface area contributed by atoms with Crippen LogP contribution >= 0.6 is 0 Å². The first-order chi connectivity index (χ1) is 9.40. The quantitative estimate of drug-likeness (QED) is 0.609. The van der Waals surface area contributed by atoms with Crippen LogP contribution in [0.5, 0.6) is 5.75 Å². The summed E-state index contributed by atoms with van der Waals surface area (Å²) in [6, 6.07) is 8.47. The SMILES string of the molecule is CCCNCc1ccccc1OC1CCCCCC1. The van der Waals surface area contributed by atoms with E-state index in [0.29, 0.717) is 6.10 Å². The summed E-state index contributed by atoms with van der Waals surface area (Å²) in [5.74, 6) is 1.08. The van der Waals surface area contributed by atoms with E-state index >= 15 is 0 Å². The minimum absolute atomic E-state index is 0.426. The van der Waals surface area contributed by atoms with Crippen molar-refractivity contribution in [2.45, 2.75) is 64.5 Å². The van der Waals surface area contributed by atoms with Crippen LogP contribution in [0.4, 0.5) is 0 Å². The van der Waals surface area contributed by atoms with Gasteiger partial charge in [-0.2, -0.15) is 0 Å². The highest BCUT2D eigenvalue weighted by Crippen LogP contribution is 2.25. The molecule has 0 unspecified atom stereocenters. The van der Waals surface area contributed by atoms with E-state index in [1.165, 1.54) is 50.5 Å². The van der Waals surface area contributed by atoms with Gasteiger partial charge >= 0.3 is 0 Å². The Morgan fingerprint density at radius 3 is 2.58 bits per heavy atom. The van der Waals surface area contributed by atoms with Crippen molar-refractivity contribution in [2.75, 3.05) is 6.54 Å². The predicted molar refractivity (Wildman–Crippen MR) is 80.6 cm³/mol. The van der Waals surface area contributed by atoms with Gasteiger partial charge in [0.1, 0.15) is 5.75 Å². The predicted octanol–water partition coefficient (Wildman–Crippen LogP) is 4.29. The molecule has 1 saturated carbocycles. The monoisotopic (exact) mass is 261 g/mol. The molecule has 1 aliphatic rings. The Balaban J connectivity index is 1.93. The summed E-state index contributed by atoms with van der Waals surface area (Å²) in [5.41, 5.74) is 1.29. The summed E-state index contributed by atoms with van der Waals surface area (Å²) in [5, 5.41) is 3.46. The van der Waals surface area contributed by atoms with E-state index in [9.17, 15) is 0 Å². The normalized spacial score (nSPS) is 17.1. The maximum absolute atomic E-state index is 6.26. The number of hydrogen-bond acceptors (Lipinski definition) is 2. The van der Waals surface area contributed by atoms with Crippen molar-refractivity contribution in [3.05, 3.63) is 29.8 Å². The number of rotatable bonds is 6. The molecule has 1 aromatic carbocycles. The fourth-order valence-electron chi connectivity index (χ4n) is 2.70. The maximum Gasteiger partial charge on any atom is 0.124 e. The summed E-state index contributed by atoms with van der Waals surface area (Å²) in [6.45, 7) is 4.18. The zero-order valence-corrected chi connectivity index (χ0v) is 12.2. The third-order valence-corrected chi connectivity index (χ3v) is 3.81. The largest absolute Gasteiger partial charge is 0.490 e. The van der Waals surface area contributed by atoms with Crippen molar-refractivity contribution in [1.82, 2.24) is 5.32 Å². The Labute approximate surface area is 117 Å². The molecule has 1 fully saturated rings. The van der Waals surface area contributed by atoms with Crippen LogP contribution in [0.25, 0.3) is 0 Å². The van der Waals surface area contributed by atoms with Gasteiger partial charge in [0.15, 0.2) is 0 Å². The van der Waals surface area contributed by atoms with Gasteiger partial charge in [-0.1, -0.05) is 38.0 Å². The third kappa shape index (κ3) is 4.87. The van der Waals surface area contributed by atoms with Gasteiger partial charge < -0.3 is 10.1 Å². The van der Waals surface area contributed by atoms with Crippen molar-refractivity contribution in [1.29, 1.82) is 0 Å². The lowest BCUT2D eigenvalue weighted by atomic mass is 10.1. The zero-order valence-electron chi connectivity index (χ0n) is 12.2. The molecule has 2 heteroatoms. The summed E-state index contributed by atoms with van der Waals surface area (Å²) in [6.07, 6.45) is 9.43. The van der Waals surface area contributed by atoms with Gasteiger partial charge in [0.05, 0.1) is 6.10 Å². The van der Waals surface area contributed by atoms with Gasteiger partial charge in [-0.05, 0) is 44.7 Å². The second-order valence-corrected chi connectivity index (χ2v) is 5.52. The van der Waals surface area contributed by atoms with Crippen LogP contribution in [-0.4, -0.2) is 12.6 Å². The van der Waals surface area contributed by atoms with Gasteiger partial charge in [-0.3, -0.25) is 0 Å². The minimum Gasteiger partial charge on any atom is -0.490 e. The van der Waals surface area contributed by atoms with Crippen LogP contribution in [0.15, 0.2) is 24.3 Å². The number of ether oxygens (including phenoxy) is 1. The van der Waals surface area contributed by atoms with E-state index in [1.807, 2.05) is 0 Å². The molecule has 1 N–H and O–H groups in total. The smallest absolute Gasteiger partial charge is 0.124 e. The van der Waals surface area contributed by atoms with Crippen LogP contribution < -0.4 is 10.1 Å². The van der Waals surface area contributed by atoms with Crippen LogP contribution in [0.2, 0.25) is 0 Å². The van der Waals surface area contributed by atoms with Crippen LogP contribution in [-0.2, 0) is 6.54 Å². The van der Waals surface area contributed by atoms with Crippen molar-refractivity contribution < 1.29 is 4.74 Å². The molecule has 2 rings (SSSR count). The van der Waals surface area contributed by atoms with Gasteiger partial charge in [-0.15, -0.1) is 0 Å². The molecule has 0 radical (unpaired) electrons. The summed E-state index contributed by atoms with van der Waals surface area (Å²) in [7, 11) is 0. The Morgan fingerprint density at radius 1 is 1.11 bits per heavy atom. The molecular formula is C17H27NO. The van der Waals surface area contributed by atoms with Crippen molar-refractivity contribution >= 4 is 0 Å². The Hall–Kier alpha value is -1.02. The van der Waals surface area contributed by atoms with E-state index in [-0.39, 0.29) is 0 Å². The number of hydrogen-bond donors (Lipinski definition) is 1. The average molecular weight is 261 g/mol. The standard InChI is InChI=1S/C17H27NO/c1-2-13-18-14-15-9-7-8-12-17(15)19-16-10-5-3-4-6-11-16/h7-9,12,16,18H,2-6,10-11,13-14H2,1H3. The second kappa shape index (κ2) is 8.21. The molecule has 1 aliphatic carbocycles. The highest BCUT2D eigenvalue weighted by Gasteiger charge is 2.15. The van der Waals surface area contributed by atoms with E-state index in [2.05, 4.69) is 36.5 Å². The maximum atomic E-state index is 6.26. The molecule has 0 heterocycles.